The first-order valence-electron chi connectivity index (χ1n) is 9.13. The number of anilines is 1. The molecule has 0 fully saturated rings. The predicted molar refractivity (Wildman–Crippen MR) is 111 cm³/mol. The van der Waals surface area contributed by atoms with Crippen LogP contribution in [0, 0.1) is 20.8 Å². The van der Waals surface area contributed by atoms with E-state index < -0.39 is 15.8 Å². The topological polar surface area (TPSA) is 80.3 Å². The van der Waals surface area contributed by atoms with Crippen LogP contribution >= 0.6 is 0 Å². The Morgan fingerprint density at radius 1 is 0.724 bits per heavy atom. The number of benzene rings is 3. The minimum Gasteiger partial charge on any atom is -0.289 e. The lowest BCUT2D eigenvalue weighted by molar-refractivity contribution is 0.0976. The highest BCUT2D eigenvalue weighted by Gasteiger charge is 2.34. The predicted octanol–water partition coefficient (Wildman–Crippen LogP) is 4.19. The van der Waals surface area contributed by atoms with Crippen LogP contribution < -0.4 is 4.72 Å². The summed E-state index contributed by atoms with van der Waals surface area (Å²) in [6.45, 7) is 5.58. The largest absolute Gasteiger partial charge is 0.289 e. The lowest BCUT2D eigenvalue weighted by Gasteiger charge is -2.21. The summed E-state index contributed by atoms with van der Waals surface area (Å²) in [6.07, 6.45) is 0. The van der Waals surface area contributed by atoms with Crippen LogP contribution in [0.2, 0.25) is 0 Å². The van der Waals surface area contributed by atoms with Gasteiger partial charge < -0.3 is 0 Å². The van der Waals surface area contributed by atoms with Crippen LogP contribution in [0.4, 0.5) is 5.69 Å². The number of carbonyl (C=O) groups excluding carboxylic acids is 2. The molecule has 3 aromatic carbocycles. The quantitative estimate of drug-likeness (QED) is 0.554. The van der Waals surface area contributed by atoms with Crippen molar-refractivity contribution in [3.05, 3.63) is 93.5 Å². The molecule has 5 nitrogen and oxygen atoms in total. The molecule has 0 heterocycles. The van der Waals surface area contributed by atoms with Gasteiger partial charge in [0.15, 0.2) is 11.6 Å². The maximum absolute atomic E-state index is 13.3. The lowest BCUT2D eigenvalue weighted by atomic mass is 9.84. The molecule has 0 unspecified atom stereocenters. The van der Waals surface area contributed by atoms with Gasteiger partial charge in [0.25, 0.3) is 10.0 Å². The zero-order chi connectivity index (χ0) is 20.9. The summed E-state index contributed by atoms with van der Waals surface area (Å²) in [5.74, 6) is -0.816. The first kappa shape index (κ1) is 19.1. The molecule has 4 rings (SSSR count). The van der Waals surface area contributed by atoms with E-state index in [-0.39, 0.29) is 32.9 Å². The third-order valence-electron chi connectivity index (χ3n) is 5.12. The molecule has 0 atom stereocenters. The summed E-state index contributed by atoms with van der Waals surface area (Å²) in [5.41, 5.74) is 3.60. The van der Waals surface area contributed by atoms with Crippen molar-refractivity contribution < 1.29 is 18.0 Å². The number of aryl methyl sites for hydroxylation is 3. The minimum atomic E-state index is -4.09. The smallest absolute Gasteiger partial charge is 0.262 e. The van der Waals surface area contributed by atoms with Crippen molar-refractivity contribution in [2.24, 2.45) is 0 Å². The number of nitrogens with one attached hydrogen (secondary N) is 1. The van der Waals surface area contributed by atoms with Gasteiger partial charge in [-0.05, 0) is 38.0 Å². The molecule has 1 aliphatic rings. The molecule has 1 N–H and O–H groups in total. The number of hydrogen-bond acceptors (Lipinski definition) is 4. The fraction of sp³-hybridized carbons (Fsp3) is 0.130. The van der Waals surface area contributed by atoms with Gasteiger partial charge in [0, 0.05) is 16.7 Å². The molecular weight excluding hydrogens is 386 g/mol. The van der Waals surface area contributed by atoms with E-state index in [9.17, 15) is 18.0 Å². The van der Waals surface area contributed by atoms with Crippen LogP contribution in [0.25, 0.3) is 0 Å². The van der Waals surface area contributed by atoms with Crippen LogP contribution in [-0.2, 0) is 10.0 Å². The van der Waals surface area contributed by atoms with Gasteiger partial charge in [0.1, 0.15) is 0 Å². The van der Waals surface area contributed by atoms with E-state index in [2.05, 4.69) is 4.72 Å². The highest BCUT2D eigenvalue weighted by molar-refractivity contribution is 7.92. The highest BCUT2D eigenvalue weighted by Crippen LogP contribution is 2.33. The zero-order valence-corrected chi connectivity index (χ0v) is 17.1. The Morgan fingerprint density at radius 3 is 1.90 bits per heavy atom. The van der Waals surface area contributed by atoms with Crippen LogP contribution in [0.15, 0.2) is 59.5 Å². The van der Waals surface area contributed by atoms with Gasteiger partial charge in [0.2, 0.25) is 0 Å². The fourth-order valence-electron chi connectivity index (χ4n) is 3.87. The van der Waals surface area contributed by atoms with Gasteiger partial charge in [-0.25, -0.2) is 8.42 Å². The molecule has 29 heavy (non-hydrogen) atoms. The Labute approximate surface area is 169 Å². The Morgan fingerprint density at radius 2 is 1.28 bits per heavy atom. The first-order chi connectivity index (χ1) is 13.7. The van der Waals surface area contributed by atoms with E-state index in [1.54, 1.807) is 24.3 Å². The lowest BCUT2D eigenvalue weighted by Crippen LogP contribution is -2.25. The van der Waals surface area contributed by atoms with E-state index in [1.807, 2.05) is 32.9 Å². The standard InChI is InChI=1S/C23H19NO4S/c1-13-11-14(2)21(15(3)12-13)24-29(27,28)19-10-6-9-18-20(19)23(26)17-8-5-4-7-16(17)22(18)25/h4-12,24H,1-3H3. The van der Waals surface area contributed by atoms with Gasteiger partial charge in [-0.1, -0.05) is 54.1 Å². The molecule has 0 aliphatic heterocycles. The normalized spacial score (nSPS) is 13.1. The molecule has 3 aromatic rings. The van der Waals surface area contributed by atoms with Crippen molar-refractivity contribution in [3.8, 4) is 0 Å². The highest BCUT2D eigenvalue weighted by atomic mass is 32.2. The van der Waals surface area contributed by atoms with E-state index in [4.69, 9.17) is 0 Å². The average Bonchev–Trinajstić information content (AvgIpc) is 2.68. The van der Waals surface area contributed by atoms with Crippen LogP contribution in [0.5, 0.6) is 0 Å². The number of hydrogen-bond donors (Lipinski definition) is 1. The van der Waals surface area contributed by atoms with Crippen molar-refractivity contribution in [2.75, 3.05) is 4.72 Å². The summed E-state index contributed by atoms with van der Waals surface area (Å²) in [6, 6.07) is 14.6. The Kier molecular flexibility index (Phi) is 4.39. The molecule has 0 amide bonds. The molecule has 1 aliphatic carbocycles. The van der Waals surface area contributed by atoms with Crippen molar-refractivity contribution in [1.29, 1.82) is 0 Å². The van der Waals surface area contributed by atoms with Gasteiger partial charge >= 0.3 is 0 Å². The van der Waals surface area contributed by atoms with Crippen LogP contribution in [0.3, 0.4) is 0 Å². The summed E-state index contributed by atoms with van der Waals surface area (Å²) < 4.78 is 29.1. The van der Waals surface area contributed by atoms with Gasteiger partial charge in [-0.3, -0.25) is 14.3 Å². The second-order valence-corrected chi connectivity index (χ2v) is 8.91. The molecule has 0 bridgehead atoms. The summed E-state index contributed by atoms with van der Waals surface area (Å²) >= 11 is 0. The Balaban J connectivity index is 1.88. The summed E-state index contributed by atoms with van der Waals surface area (Å²) in [7, 11) is -4.09. The molecule has 0 aromatic heterocycles. The van der Waals surface area contributed by atoms with Crippen molar-refractivity contribution in [2.45, 2.75) is 25.7 Å². The molecular formula is C23H19NO4S. The average molecular weight is 405 g/mol. The SMILES string of the molecule is Cc1cc(C)c(NS(=O)(=O)c2cccc3c2C(=O)c2ccccc2C3=O)c(C)c1. The maximum Gasteiger partial charge on any atom is 0.262 e. The Hall–Kier alpha value is -3.25. The molecule has 0 saturated carbocycles. The maximum atomic E-state index is 13.3. The fourth-order valence-corrected chi connectivity index (χ4v) is 5.30. The first-order valence-corrected chi connectivity index (χ1v) is 10.6. The van der Waals surface area contributed by atoms with Crippen molar-refractivity contribution >= 4 is 27.3 Å². The summed E-state index contributed by atoms with van der Waals surface area (Å²) in [5, 5.41) is 0. The number of rotatable bonds is 3. The second-order valence-electron chi connectivity index (χ2n) is 7.26. The summed E-state index contributed by atoms with van der Waals surface area (Å²) in [4.78, 5) is 25.8. The molecule has 0 spiro atoms. The van der Waals surface area contributed by atoms with E-state index in [1.165, 1.54) is 18.2 Å². The number of ketones is 2. The van der Waals surface area contributed by atoms with Crippen molar-refractivity contribution in [3.63, 3.8) is 0 Å². The Bertz CT molecular complexity index is 1280. The van der Waals surface area contributed by atoms with E-state index in [0.717, 1.165) is 16.7 Å². The number of fused-ring (bicyclic) bond motifs is 2. The molecule has 0 saturated heterocycles. The number of carbonyl (C=O) groups is 2. The van der Waals surface area contributed by atoms with Gasteiger partial charge in [-0.2, -0.15) is 0 Å². The number of sulfonamides is 1. The van der Waals surface area contributed by atoms with Gasteiger partial charge in [0.05, 0.1) is 16.1 Å². The van der Waals surface area contributed by atoms with Crippen LogP contribution in [-0.4, -0.2) is 20.0 Å². The zero-order valence-electron chi connectivity index (χ0n) is 16.2. The molecule has 6 heteroatoms. The molecule has 146 valence electrons. The third-order valence-corrected chi connectivity index (χ3v) is 6.51. The van der Waals surface area contributed by atoms with Crippen LogP contribution in [0.1, 0.15) is 48.5 Å². The minimum absolute atomic E-state index is 0.0777. The second kappa shape index (κ2) is 6.67. The van der Waals surface area contributed by atoms with E-state index >= 15 is 0 Å². The molecule has 0 radical (unpaired) electrons. The monoisotopic (exact) mass is 405 g/mol. The van der Waals surface area contributed by atoms with Gasteiger partial charge in [-0.15, -0.1) is 0 Å². The van der Waals surface area contributed by atoms with E-state index in [0.29, 0.717) is 5.69 Å². The van der Waals surface area contributed by atoms with Crippen molar-refractivity contribution in [1.82, 2.24) is 0 Å². The third kappa shape index (κ3) is 3.06.